The number of hydrogen-bond acceptors (Lipinski definition) is 5. The van der Waals surface area contributed by atoms with Gasteiger partial charge >= 0.3 is 0 Å². The predicted molar refractivity (Wildman–Crippen MR) is 228 cm³/mol. The van der Waals surface area contributed by atoms with Crippen LogP contribution in [0.15, 0.2) is 156 Å². The summed E-state index contributed by atoms with van der Waals surface area (Å²) in [6.07, 6.45) is 1.85. The standard InChI is InChI=1S/C33H27N4O.C17H12N.Ir/c1-19(2)21-13-9-14-22(20(3)4)29(21)37-30-25-12-5-7-17-27(25)35-36-32(30)34-33(37)26-16-10-15-24-23-11-6-8-18-28(23)38-31(24)26;1-3-7-14(8-4-1)16-11-12-18-17(13-16)15-9-5-2-6-10-15;/h5-15,17-20H,1-4H3;1-9,11-13H;/q2*-1;. The van der Waals surface area contributed by atoms with Gasteiger partial charge in [0.25, 0.3) is 0 Å². The first-order chi connectivity index (χ1) is 27.5. The minimum Gasteiger partial charge on any atom is -0.501 e. The summed E-state index contributed by atoms with van der Waals surface area (Å²) in [6, 6.07) is 56.0. The summed E-state index contributed by atoms with van der Waals surface area (Å²) in [6.45, 7) is 8.97. The van der Waals surface area contributed by atoms with Gasteiger partial charge in [0, 0.05) is 42.8 Å². The van der Waals surface area contributed by atoms with E-state index < -0.39 is 0 Å². The molecular weight excluding hydrogens is 879 g/mol. The number of nitrogens with zero attached hydrogens (tertiary/aromatic N) is 5. The summed E-state index contributed by atoms with van der Waals surface area (Å²) in [7, 11) is 0. The van der Waals surface area contributed by atoms with Crippen LogP contribution in [0.25, 0.3) is 83.5 Å². The molecule has 0 unspecified atom stereocenters. The van der Waals surface area contributed by atoms with Crippen LogP contribution in [0.1, 0.15) is 50.7 Å². The van der Waals surface area contributed by atoms with Gasteiger partial charge in [0.05, 0.1) is 22.4 Å². The van der Waals surface area contributed by atoms with E-state index in [9.17, 15) is 0 Å². The Kier molecular flexibility index (Phi) is 10.6. The molecule has 0 aliphatic rings. The maximum absolute atomic E-state index is 6.45. The first-order valence-electron chi connectivity index (χ1n) is 19.0. The molecule has 0 saturated heterocycles. The molecule has 0 fully saturated rings. The molecule has 0 saturated carbocycles. The fourth-order valence-electron chi connectivity index (χ4n) is 7.53. The molecule has 0 N–H and O–H groups in total. The monoisotopic (exact) mass is 918 g/mol. The maximum atomic E-state index is 6.45. The Balaban J connectivity index is 0.000000201. The molecule has 1 radical (unpaired) electrons. The number of imidazole rings is 1. The number of pyridine rings is 1. The van der Waals surface area contributed by atoms with Gasteiger partial charge < -0.3 is 14.0 Å². The Morgan fingerprint density at radius 3 is 2.09 bits per heavy atom. The van der Waals surface area contributed by atoms with Crippen molar-refractivity contribution in [2.45, 2.75) is 39.5 Å². The number of hydrogen-bond donors (Lipinski definition) is 0. The molecule has 6 nitrogen and oxygen atoms in total. The molecule has 7 heteroatoms. The first kappa shape index (κ1) is 37.6. The zero-order chi connectivity index (χ0) is 38.2. The van der Waals surface area contributed by atoms with Crippen LogP contribution in [0.3, 0.4) is 0 Å². The second-order valence-electron chi connectivity index (χ2n) is 14.5. The van der Waals surface area contributed by atoms with Gasteiger partial charge in [-0.3, -0.25) is 4.98 Å². The first-order valence-corrected chi connectivity index (χ1v) is 19.0. The van der Waals surface area contributed by atoms with E-state index >= 15 is 0 Å². The molecule has 0 aliphatic carbocycles. The number of para-hydroxylation sites is 2. The average molecular weight is 918 g/mol. The fraction of sp³-hybridized carbons (Fsp3) is 0.120. The molecule has 0 aliphatic heterocycles. The van der Waals surface area contributed by atoms with Crippen molar-refractivity contribution in [3.05, 3.63) is 175 Å². The van der Waals surface area contributed by atoms with Crippen LogP contribution in [-0.4, -0.2) is 24.7 Å². The topological polar surface area (TPSA) is 69.6 Å². The molecule has 281 valence electrons. The van der Waals surface area contributed by atoms with Crippen molar-refractivity contribution >= 4 is 44.0 Å². The van der Waals surface area contributed by atoms with Crippen molar-refractivity contribution in [1.29, 1.82) is 0 Å². The largest absolute Gasteiger partial charge is 0.501 e. The average Bonchev–Trinajstić information content (AvgIpc) is 3.83. The van der Waals surface area contributed by atoms with Gasteiger partial charge in [0.1, 0.15) is 5.58 Å². The normalized spacial score (nSPS) is 11.3. The SMILES string of the molecule is CC(C)c1cccc(C(C)C)c1-n1c(-c2[c-]ccc3c2oc2ccccc23)nc2nnc3ccccc3c21.[Ir].[c-]1ccccc1-c1cc(-c2ccccc2)ccn1. The fourth-order valence-corrected chi connectivity index (χ4v) is 7.53. The number of fused-ring (bicyclic) bond motifs is 6. The van der Waals surface area contributed by atoms with Crippen molar-refractivity contribution in [3.8, 4) is 39.5 Å². The van der Waals surface area contributed by atoms with Crippen molar-refractivity contribution in [1.82, 2.24) is 24.7 Å². The van der Waals surface area contributed by atoms with Gasteiger partial charge in [0.15, 0.2) is 5.65 Å². The quantitative estimate of drug-likeness (QED) is 0.155. The smallest absolute Gasteiger partial charge is 0.191 e. The Bertz CT molecular complexity index is 2910. The van der Waals surface area contributed by atoms with Gasteiger partial charge in [-0.1, -0.05) is 130 Å². The molecular formula is C50H39IrN5O-2. The van der Waals surface area contributed by atoms with Crippen molar-refractivity contribution in [2.24, 2.45) is 0 Å². The van der Waals surface area contributed by atoms with E-state index in [1.165, 1.54) is 22.3 Å². The zero-order valence-electron chi connectivity index (χ0n) is 32.1. The van der Waals surface area contributed by atoms with Crippen molar-refractivity contribution in [2.75, 3.05) is 0 Å². The Hall–Kier alpha value is -6.27. The van der Waals surface area contributed by atoms with Crippen LogP contribution in [0.5, 0.6) is 0 Å². The zero-order valence-corrected chi connectivity index (χ0v) is 34.5. The van der Waals surface area contributed by atoms with Gasteiger partial charge in [-0.2, -0.15) is 0 Å². The van der Waals surface area contributed by atoms with E-state index in [1.54, 1.807) is 0 Å². The van der Waals surface area contributed by atoms with Gasteiger partial charge in [-0.15, -0.1) is 64.3 Å². The van der Waals surface area contributed by atoms with E-state index in [1.807, 2.05) is 97.2 Å². The molecule has 4 heterocycles. The van der Waals surface area contributed by atoms with E-state index in [2.05, 4.69) is 114 Å². The summed E-state index contributed by atoms with van der Waals surface area (Å²) in [5.41, 5.74) is 12.9. The van der Waals surface area contributed by atoms with Crippen molar-refractivity contribution in [3.63, 3.8) is 0 Å². The van der Waals surface area contributed by atoms with Crippen LogP contribution >= 0.6 is 0 Å². The van der Waals surface area contributed by atoms with Crippen LogP contribution < -0.4 is 0 Å². The maximum Gasteiger partial charge on any atom is 0.191 e. The summed E-state index contributed by atoms with van der Waals surface area (Å²) in [5, 5.41) is 12.2. The van der Waals surface area contributed by atoms with E-state index in [-0.39, 0.29) is 20.1 Å². The second kappa shape index (κ2) is 16.1. The number of aromatic nitrogens is 5. The van der Waals surface area contributed by atoms with Crippen LogP contribution in [0.2, 0.25) is 0 Å². The summed E-state index contributed by atoms with van der Waals surface area (Å²) < 4.78 is 8.73. The van der Waals surface area contributed by atoms with E-state index in [4.69, 9.17) is 9.40 Å². The van der Waals surface area contributed by atoms with Gasteiger partial charge in [0.2, 0.25) is 0 Å². The third-order valence-electron chi connectivity index (χ3n) is 10.3. The van der Waals surface area contributed by atoms with Crippen LogP contribution in [0, 0.1) is 12.1 Å². The molecule has 4 aromatic heterocycles. The number of benzene rings is 6. The molecule has 0 atom stereocenters. The molecule has 10 rings (SSSR count). The Morgan fingerprint density at radius 1 is 0.614 bits per heavy atom. The molecule has 10 aromatic rings. The van der Waals surface area contributed by atoms with Crippen molar-refractivity contribution < 1.29 is 24.5 Å². The van der Waals surface area contributed by atoms with Gasteiger partial charge in [-0.05, 0) is 58.0 Å². The summed E-state index contributed by atoms with van der Waals surface area (Å²) in [4.78, 5) is 9.53. The van der Waals surface area contributed by atoms with Crippen LogP contribution in [0.4, 0.5) is 0 Å². The molecule has 0 spiro atoms. The molecule has 0 bridgehead atoms. The Morgan fingerprint density at radius 2 is 1.33 bits per heavy atom. The molecule has 6 aromatic carbocycles. The summed E-state index contributed by atoms with van der Waals surface area (Å²) >= 11 is 0. The third-order valence-corrected chi connectivity index (χ3v) is 10.3. The van der Waals surface area contributed by atoms with E-state index in [0.717, 1.165) is 66.7 Å². The van der Waals surface area contributed by atoms with Gasteiger partial charge in [-0.25, -0.2) is 0 Å². The third kappa shape index (κ3) is 7.05. The molecule has 57 heavy (non-hydrogen) atoms. The van der Waals surface area contributed by atoms with E-state index in [0.29, 0.717) is 17.5 Å². The predicted octanol–water partition coefficient (Wildman–Crippen LogP) is 12.8. The molecule has 0 amide bonds. The van der Waals surface area contributed by atoms with Crippen LogP contribution in [-0.2, 0) is 20.1 Å². The minimum absolute atomic E-state index is 0. The minimum atomic E-state index is 0. The number of furan rings is 1. The Labute approximate surface area is 345 Å². The second-order valence-corrected chi connectivity index (χ2v) is 14.5. The number of rotatable bonds is 6. The summed E-state index contributed by atoms with van der Waals surface area (Å²) in [5.74, 6) is 1.37.